The summed E-state index contributed by atoms with van der Waals surface area (Å²) >= 11 is 5.97. The Morgan fingerprint density at radius 1 is 1.43 bits per heavy atom. The number of likely N-dealkylation sites (tertiary alicyclic amines) is 1. The monoisotopic (exact) mass is 410 g/mol. The number of hydrogen-bond donors (Lipinski definition) is 1. The molecule has 1 amide bonds. The first-order valence-corrected chi connectivity index (χ1v) is 9.25. The first-order valence-electron chi connectivity index (χ1n) is 8.88. The van der Waals surface area contributed by atoms with Gasteiger partial charge in [0.1, 0.15) is 12.3 Å². The molecular weight excluding hydrogens is 392 g/mol. The third-order valence-corrected chi connectivity index (χ3v) is 5.44. The minimum Gasteiger partial charge on any atom is -0.696 e. The first-order chi connectivity index (χ1) is 13.3. The van der Waals surface area contributed by atoms with Crippen LogP contribution in [0.25, 0.3) is 17.0 Å². The van der Waals surface area contributed by atoms with Crippen molar-refractivity contribution < 1.29 is 18.3 Å². The summed E-state index contributed by atoms with van der Waals surface area (Å²) in [4.78, 5) is 14.3. The Kier molecular flexibility index (Phi) is 4.88. The van der Waals surface area contributed by atoms with Gasteiger partial charge in [0.05, 0.1) is 5.69 Å². The average molecular weight is 411 g/mol. The quantitative estimate of drug-likeness (QED) is 0.819. The molecule has 3 heterocycles. The Hall–Kier alpha value is -2.39. The van der Waals surface area contributed by atoms with Gasteiger partial charge in [0.15, 0.2) is 0 Å². The van der Waals surface area contributed by atoms with E-state index in [0.717, 1.165) is 32.6 Å². The molecule has 2 aliphatic rings. The van der Waals surface area contributed by atoms with Gasteiger partial charge in [0, 0.05) is 41.8 Å². The molecule has 2 fully saturated rings. The lowest BCUT2D eigenvalue weighted by molar-refractivity contribution is -0.143. The Morgan fingerprint density at radius 2 is 2.21 bits per heavy atom. The highest BCUT2D eigenvalue weighted by Crippen LogP contribution is 2.38. The summed E-state index contributed by atoms with van der Waals surface area (Å²) in [6.07, 6.45) is 2.47. The minimum atomic E-state index is -3.01. The molecule has 2 N–H and O–H groups in total. The van der Waals surface area contributed by atoms with Gasteiger partial charge in [-0.15, -0.1) is 0 Å². The van der Waals surface area contributed by atoms with Crippen LogP contribution in [0.3, 0.4) is 0 Å². The van der Waals surface area contributed by atoms with Gasteiger partial charge in [-0.25, -0.2) is 0 Å². The van der Waals surface area contributed by atoms with Crippen LogP contribution >= 0.6 is 11.6 Å². The van der Waals surface area contributed by atoms with Crippen LogP contribution < -0.4 is 10.1 Å². The summed E-state index contributed by atoms with van der Waals surface area (Å²) in [6.45, 7) is 0.335. The molecule has 0 aliphatic carbocycles. The number of rotatable bonds is 5. The Labute approximate surface area is 165 Å². The lowest BCUT2D eigenvalue weighted by Crippen LogP contribution is -2.60. The highest BCUT2D eigenvalue weighted by atomic mass is 35.5. The first kappa shape index (κ1) is 18.9. The van der Waals surface area contributed by atoms with Gasteiger partial charge in [-0.1, -0.05) is 17.3 Å². The lowest BCUT2D eigenvalue weighted by Gasteiger charge is -2.47. The molecule has 4 rings (SSSR count). The highest BCUT2D eigenvalue weighted by molar-refractivity contribution is 6.31. The number of carbonyl (C=O) groups excluding carboxylic acids is 1. The minimum absolute atomic E-state index is 0.00532. The van der Waals surface area contributed by atoms with Crippen molar-refractivity contribution in [2.75, 3.05) is 26.2 Å². The molecular formula is C18H19ClF2N5O2-. The summed E-state index contributed by atoms with van der Waals surface area (Å²) in [6, 6.07) is 4.14. The van der Waals surface area contributed by atoms with Crippen LogP contribution in [0.1, 0.15) is 6.42 Å². The summed E-state index contributed by atoms with van der Waals surface area (Å²) in [5.74, 6) is -0.204. The Balaban J connectivity index is 1.50. The van der Waals surface area contributed by atoms with Crippen LogP contribution in [0, 0.1) is 5.41 Å². The smallest absolute Gasteiger partial charge is 0.387 e. The lowest BCUT2D eigenvalue weighted by atomic mass is 9.79. The van der Waals surface area contributed by atoms with E-state index in [2.05, 4.69) is 15.2 Å². The third kappa shape index (κ3) is 3.64. The number of hydrogen-bond acceptors (Lipinski definition) is 4. The second kappa shape index (κ2) is 7.21. The van der Waals surface area contributed by atoms with Crippen LogP contribution in [0.15, 0.2) is 24.4 Å². The summed E-state index contributed by atoms with van der Waals surface area (Å²) < 4.78 is 31.2. The predicted octanol–water partition coefficient (Wildman–Crippen LogP) is 3.31. The summed E-state index contributed by atoms with van der Waals surface area (Å²) in [7, 11) is 0. The molecule has 1 aromatic carbocycles. The molecule has 2 saturated heterocycles. The van der Waals surface area contributed by atoms with Gasteiger partial charge in [-0.05, 0) is 31.2 Å². The van der Waals surface area contributed by atoms with Crippen molar-refractivity contribution in [3.05, 3.63) is 35.2 Å². The maximum Gasteiger partial charge on any atom is 0.387 e. The van der Waals surface area contributed by atoms with Crippen molar-refractivity contribution in [3.8, 4) is 17.0 Å². The number of amides is 1. The molecule has 1 spiro atoms. The zero-order chi connectivity index (χ0) is 19.9. The van der Waals surface area contributed by atoms with Crippen LogP contribution in [0.4, 0.5) is 14.5 Å². The van der Waals surface area contributed by atoms with Gasteiger partial charge in [0.25, 0.3) is 0 Å². The maximum atomic E-state index is 12.7. The van der Waals surface area contributed by atoms with Crippen molar-refractivity contribution in [3.63, 3.8) is 0 Å². The third-order valence-electron chi connectivity index (χ3n) is 5.21. The van der Waals surface area contributed by atoms with Crippen LogP contribution in [0.2, 0.25) is 5.02 Å². The van der Waals surface area contributed by atoms with E-state index in [1.54, 1.807) is 4.90 Å². The van der Waals surface area contributed by atoms with E-state index >= 15 is 0 Å². The van der Waals surface area contributed by atoms with E-state index in [4.69, 9.17) is 17.3 Å². The van der Waals surface area contributed by atoms with Gasteiger partial charge >= 0.3 is 6.61 Å². The Morgan fingerprint density at radius 3 is 2.89 bits per heavy atom. The molecule has 0 radical (unpaired) electrons. The topological polar surface area (TPSA) is 83.2 Å². The predicted molar refractivity (Wildman–Crippen MR) is 99.8 cm³/mol. The molecule has 0 atom stereocenters. The van der Waals surface area contributed by atoms with E-state index < -0.39 is 6.61 Å². The molecule has 1 aromatic heterocycles. The molecule has 10 heteroatoms. The second-order valence-corrected chi connectivity index (χ2v) is 7.72. The molecule has 7 nitrogen and oxygen atoms in total. The van der Waals surface area contributed by atoms with Gasteiger partial charge in [-0.3, -0.25) is 9.48 Å². The largest absolute Gasteiger partial charge is 0.696 e. The van der Waals surface area contributed by atoms with E-state index in [1.165, 1.54) is 29.1 Å². The fourth-order valence-electron chi connectivity index (χ4n) is 3.83. The van der Waals surface area contributed by atoms with Crippen molar-refractivity contribution in [2.45, 2.75) is 19.6 Å². The molecule has 0 saturated carbocycles. The standard InChI is InChI=1S/C18H19ClF2N5O2/c19-11-1-2-14(28-17(20)21)12(5-11)16-13(22)6-26(24-16)7-15(27)25-9-18(10-25)3-4-23-8-18/h1-2,5-6,17,22-23H,3-4,7-10H2/q-1. The number of nitrogens with zero attached hydrogens (tertiary/aromatic N) is 3. The fraction of sp³-hybridized carbons (Fsp3) is 0.444. The normalized spacial score (nSPS) is 17.9. The van der Waals surface area contributed by atoms with Gasteiger partial charge < -0.3 is 20.7 Å². The van der Waals surface area contributed by atoms with E-state index in [0.29, 0.717) is 5.02 Å². The number of alkyl halides is 2. The summed E-state index contributed by atoms with van der Waals surface area (Å²) in [5, 5.41) is 7.87. The van der Waals surface area contributed by atoms with Crippen molar-refractivity contribution in [2.24, 2.45) is 5.41 Å². The fourth-order valence-corrected chi connectivity index (χ4v) is 4.00. The van der Waals surface area contributed by atoms with E-state index in [9.17, 15) is 13.6 Å². The Bertz CT molecular complexity index is 890. The van der Waals surface area contributed by atoms with Crippen LogP contribution in [-0.2, 0) is 11.3 Å². The van der Waals surface area contributed by atoms with Crippen molar-refractivity contribution in [1.82, 2.24) is 20.0 Å². The van der Waals surface area contributed by atoms with Crippen LogP contribution in [-0.4, -0.2) is 53.4 Å². The number of benzene rings is 1. The molecule has 150 valence electrons. The van der Waals surface area contributed by atoms with Gasteiger partial charge in [0.2, 0.25) is 5.91 Å². The number of carbonyl (C=O) groups is 1. The van der Waals surface area contributed by atoms with Crippen molar-refractivity contribution in [1.29, 1.82) is 0 Å². The van der Waals surface area contributed by atoms with E-state index in [1.807, 2.05) is 0 Å². The highest BCUT2D eigenvalue weighted by Gasteiger charge is 2.46. The van der Waals surface area contributed by atoms with Crippen LogP contribution in [0.5, 0.6) is 5.75 Å². The van der Waals surface area contributed by atoms with Gasteiger partial charge in [-0.2, -0.15) is 13.9 Å². The maximum absolute atomic E-state index is 12.7. The SMILES string of the molecule is [NH-]c1cn(CC(=O)N2CC3(CCNC3)C2)nc1-c1cc(Cl)ccc1OC(F)F. The number of ether oxygens (including phenoxy) is 1. The summed E-state index contributed by atoms with van der Waals surface area (Å²) in [5.41, 5.74) is 8.63. The molecule has 0 bridgehead atoms. The second-order valence-electron chi connectivity index (χ2n) is 7.28. The zero-order valence-corrected chi connectivity index (χ0v) is 15.7. The molecule has 2 aliphatic heterocycles. The van der Waals surface area contributed by atoms with E-state index in [-0.39, 0.29) is 40.6 Å². The molecule has 28 heavy (non-hydrogen) atoms. The zero-order valence-electron chi connectivity index (χ0n) is 14.9. The number of halogens is 3. The average Bonchev–Trinajstić information content (AvgIpc) is 3.22. The van der Waals surface area contributed by atoms with Crippen molar-refractivity contribution >= 4 is 23.2 Å². The molecule has 2 aromatic rings. The number of nitrogens with one attached hydrogen (secondary N) is 2. The molecule has 0 unspecified atom stereocenters. The number of aromatic nitrogens is 2.